The van der Waals surface area contributed by atoms with Crippen molar-refractivity contribution in [2.45, 2.75) is 64.6 Å². The van der Waals surface area contributed by atoms with E-state index in [1.807, 2.05) is 13.0 Å². The molecule has 2 aliphatic rings. The summed E-state index contributed by atoms with van der Waals surface area (Å²) in [5.74, 6) is -0.184. The molecule has 1 amide bonds. The molecule has 1 N–H and O–H groups in total. The Balaban J connectivity index is 1.87. The Bertz CT molecular complexity index is 810. The maximum atomic E-state index is 12.8. The van der Waals surface area contributed by atoms with Crippen LogP contribution in [0.5, 0.6) is 0 Å². The molecule has 162 valence electrons. The van der Waals surface area contributed by atoms with Gasteiger partial charge in [0, 0.05) is 12.2 Å². The third-order valence-electron chi connectivity index (χ3n) is 5.68. The molecule has 1 aliphatic carbocycles. The molecular formula is C21H31NO6S. The molecular weight excluding hydrogens is 394 g/mol. The first-order valence-electron chi connectivity index (χ1n) is 10.1. The van der Waals surface area contributed by atoms with Crippen LogP contribution >= 0.6 is 0 Å². The third kappa shape index (κ3) is 5.57. The van der Waals surface area contributed by atoms with Crippen LogP contribution in [0.25, 0.3) is 0 Å². The van der Waals surface area contributed by atoms with Crippen LogP contribution in [0.1, 0.15) is 50.4 Å². The SMILES string of the molecule is CCO[C@@H]1O[C@@H]([C@@H]2CCC(C)(C)C2)[C@@H](OS(C)(=O)=O)[C@@H]1NC(=O)c1ccccc1. The number of hydrogen-bond donors (Lipinski definition) is 1. The summed E-state index contributed by atoms with van der Waals surface area (Å²) in [6.07, 6.45) is 1.79. The Kier molecular flexibility index (Phi) is 6.67. The van der Waals surface area contributed by atoms with Crippen molar-refractivity contribution in [2.24, 2.45) is 11.3 Å². The van der Waals surface area contributed by atoms with Crippen LogP contribution in [0.15, 0.2) is 30.3 Å². The number of carbonyl (C=O) groups excluding carboxylic acids is 1. The Morgan fingerprint density at radius 3 is 2.52 bits per heavy atom. The zero-order valence-electron chi connectivity index (χ0n) is 17.5. The Hall–Kier alpha value is -1.48. The zero-order valence-corrected chi connectivity index (χ0v) is 18.3. The van der Waals surface area contributed by atoms with Crippen molar-refractivity contribution in [3.8, 4) is 0 Å². The smallest absolute Gasteiger partial charge is 0.264 e. The highest BCUT2D eigenvalue weighted by Gasteiger charge is 2.53. The maximum absolute atomic E-state index is 12.8. The summed E-state index contributed by atoms with van der Waals surface area (Å²) in [5.41, 5.74) is 0.641. The molecule has 29 heavy (non-hydrogen) atoms. The van der Waals surface area contributed by atoms with Crippen molar-refractivity contribution in [1.29, 1.82) is 0 Å². The van der Waals surface area contributed by atoms with Crippen molar-refractivity contribution >= 4 is 16.0 Å². The highest BCUT2D eigenvalue weighted by molar-refractivity contribution is 7.86. The molecule has 0 bridgehead atoms. The first kappa shape index (κ1) is 22.2. The molecule has 7 nitrogen and oxygen atoms in total. The second kappa shape index (κ2) is 8.71. The number of rotatable bonds is 7. The van der Waals surface area contributed by atoms with Crippen LogP contribution < -0.4 is 5.32 Å². The lowest BCUT2D eigenvalue weighted by atomic mass is 9.87. The Morgan fingerprint density at radius 1 is 1.28 bits per heavy atom. The van der Waals surface area contributed by atoms with Gasteiger partial charge in [0.1, 0.15) is 12.1 Å². The normalized spacial score (nSPS) is 31.7. The van der Waals surface area contributed by atoms with Crippen molar-refractivity contribution in [1.82, 2.24) is 5.32 Å². The van der Waals surface area contributed by atoms with Crippen molar-refractivity contribution in [3.05, 3.63) is 35.9 Å². The number of amides is 1. The van der Waals surface area contributed by atoms with Gasteiger partial charge in [-0.15, -0.1) is 0 Å². The molecule has 1 aliphatic heterocycles. The highest BCUT2D eigenvalue weighted by Crippen LogP contribution is 2.46. The monoisotopic (exact) mass is 425 g/mol. The topological polar surface area (TPSA) is 90.9 Å². The van der Waals surface area contributed by atoms with Gasteiger partial charge in [-0.05, 0) is 49.7 Å². The van der Waals surface area contributed by atoms with E-state index < -0.39 is 34.7 Å². The van der Waals surface area contributed by atoms with Gasteiger partial charge < -0.3 is 14.8 Å². The number of benzene rings is 1. The fourth-order valence-corrected chi connectivity index (χ4v) is 5.06. The van der Waals surface area contributed by atoms with Crippen LogP contribution in [0.4, 0.5) is 0 Å². The molecule has 1 aromatic rings. The quantitative estimate of drug-likeness (QED) is 0.676. The summed E-state index contributed by atoms with van der Waals surface area (Å²) in [6, 6.07) is 8.04. The average molecular weight is 426 g/mol. The molecule has 0 aromatic heterocycles. The zero-order chi connectivity index (χ0) is 21.2. The van der Waals surface area contributed by atoms with E-state index >= 15 is 0 Å². The fraction of sp³-hybridized carbons (Fsp3) is 0.667. The van der Waals surface area contributed by atoms with E-state index in [9.17, 15) is 13.2 Å². The van der Waals surface area contributed by atoms with E-state index in [1.54, 1.807) is 24.3 Å². The van der Waals surface area contributed by atoms with Crippen LogP contribution in [-0.4, -0.2) is 51.7 Å². The molecule has 2 fully saturated rings. The highest BCUT2D eigenvalue weighted by atomic mass is 32.2. The second-order valence-electron chi connectivity index (χ2n) is 8.72. The van der Waals surface area contributed by atoms with Crippen LogP contribution in [-0.2, 0) is 23.8 Å². The minimum absolute atomic E-state index is 0.137. The second-order valence-corrected chi connectivity index (χ2v) is 10.3. The summed E-state index contributed by atoms with van der Waals surface area (Å²) >= 11 is 0. The molecule has 5 atom stereocenters. The molecule has 1 aromatic carbocycles. The Labute approximate surface area is 173 Å². The molecule has 1 saturated carbocycles. The fourth-order valence-electron chi connectivity index (χ4n) is 4.42. The molecule has 3 rings (SSSR count). The number of hydrogen-bond acceptors (Lipinski definition) is 6. The van der Waals surface area contributed by atoms with Crippen LogP contribution in [0, 0.1) is 11.3 Å². The third-order valence-corrected chi connectivity index (χ3v) is 6.26. The lowest BCUT2D eigenvalue weighted by Gasteiger charge is -2.27. The Morgan fingerprint density at radius 2 is 1.97 bits per heavy atom. The number of ether oxygens (including phenoxy) is 2. The maximum Gasteiger partial charge on any atom is 0.264 e. The number of carbonyl (C=O) groups is 1. The van der Waals surface area contributed by atoms with Crippen LogP contribution in [0.2, 0.25) is 0 Å². The van der Waals surface area contributed by atoms with Crippen molar-refractivity contribution in [2.75, 3.05) is 12.9 Å². The van der Waals surface area contributed by atoms with E-state index in [2.05, 4.69) is 19.2 Å². The van der Waals surface area contributed by atoms with E-state index in [1.165, 1.54) is 0 Å². The molecule has 1 saturated heterocycles. The molecule has 8 heteroatoms. The minimum Gasteiger partial charge on any atom is -0.351 e. The average Bonchev–Trinajstić information content (AvgIpc) is 3.15. The summed E-state index contributed by atoms with van der Waals surface area (Å²) in [5, 5.41) is 2.90. The van der Waals surface area contributed by atoms with Gasteiger partial charge in [-0.2, -0.15) is 8.42 Å². The molecule has 0 unspecified atom stereocenters. The van der Waals surface area contributed by atoms with E-state index in [0.29, 0.717) is 12.2 Å². The van der Waals surface area contributed by atoms with Gasteiger partial charge in [0.2, 0.25) is 0 Å². The van der Waals surface area contributed by atoms with Crippen molar-refractivity contribution < 1.29 is 26.9 Å². The van der Waals surface area contributed by atoms with E-state index in [4.69, 9.17) is 13.7 Å². The largest absolute Gasteiger partial charge is 0.351 e. The van der Waals surface area contributed by atoms with E-state index in [0.717, 1.165) is 25.5 Å². The number of nitrogens with one attached hydrogen (secondary N) is 1. The van der Waals surface area contributed by atoms with Gasteiger partial charge >= 0.3 is 0 Å². The summed E-state index contributed by atoms with van der Waals surface area (Å²) in [7, 11) is -3.76. The molecule has 1 heterocycles. The standard InChI is InChI=1S/C21H31NO6S/c1-5-26-20-16(22-19(23)14-9-7-6-8-10-14)18(28-29(4,24)25)17(27-20)15-11-12-21(2,3)13-15/h6-10,15-18,20H,5,11-13H2,1-4H3,(H,22,23)/t15-,16+,17+,18+,20-/m1/s1. The van der Waals surface area contributed by atoms with Gasteiger partial charge in [0.15, 0.2) is 6.29 Å². The van der Waals surface area contributed by atoms with Gasteiger partial charge in [-0.3, -0.25) is 8.98 Å². The lowest BCUT2D eigenvalue weighted by molar-refractivity contribution is -0.148. The van der Waals surface area contributed by atoms with E-state index in [-0.39, 0.29) is 17.2 Å². The summed E-state index contributed by atoms with van der Waals surface area (Å²) in [6.45, 7) is 6.60. The predicted molar refractivity (Wildman–Crippen MR) is 109 cm³/mol. The lowest BCUT2D eigenvalue weighted by Crippen LogP contribution is -2.50. The first-order valence-corrected chi connectivity index (χ1v) is 11.9. The molecule has 0 radical (unpaired) electrons. The van der Waals surface area contributed by atoms with Gasteiger partial charge in [-0.25, -0.2) is 0 Å². The summed E-state index contributed by atoms with van der Waals surface area (Å²) in [4.78, 5) is 12.8. The summed E-state index contributed by atoms with van der Waals surface area (Å²) < 4.78 is 41.4. The van der Waals surface area contributed by atoms with Crippen molar-refractivity contribution in [3.63, 3.8) is 0 Å². The first-order chi connectivity index (χ1) is 13.6. The predicted octanol–water partition coefficient (Wildman–Crippen LogP) is 2.72. The van der Waals surface area contributed by atoms with Gasteiger partial charge in [-0.1, -0.05) is 32.0 Å². The van der Waals surface area contributed by atoms with Crippen LogP contribution in [0.3, 0.4) is 0 Å². The van der Waals surface area contributed by atoms with Gasteiger partial charge in [0.05, 0.1) is 12.4 Å². The van der Waals surface area contributed by atoms with Gasteiger partial charge in [0.25, 0.3) is 16.0 Å². The minimum atomic E-state index is -3.76. The molecule has 0 spiro atoms.